The van der Waals surface area contributed by atoms with Crippen LogP contribution in [0.5, 0.6) is 0 Å². The van der Waals surface area contributed by atoms with Crippen LogP contribution in [-0.2, 0) is 0 Å². The molecule has 1 heterocycles. The van der Waals surface area contributed by atoms with Crippen molar-refractivity contribution in [1.82, 2.24) is 10.2 Å². The van der Waals surface area contributed by atoms with Gasteiger partial charge in [-0.2, -0.15) is 0 Å². The molecule has 1 rings (SSSR count). The lowest BCUT2D eigenvalue weighted by Gasteiger charge is -2.42. The van der Waals surface area contributed by atoms with Crippen molar-refractivity contribution in [2.45, 2.75) is 64.6 Å². The molecule has 0 radical (unpaired) electrons. The van der Waals surface area contributed by atoms with Crippen LogP contribution in [0.15, 0.2) is 0 Å². The Labute approximate surface area is 89.1 Å². The lowest BCUT2D eigenvalue weighted by Crippen LogP contribution is -2.53. The van der Waals surface area contributed by atoms with E-state index in [9.17, 15) is 0 Å². The van der Waals surface area contributed by atoms with Gasteiger partial charge in [0.25, 0.3) is 0 Å². The zero-order chi connectivity index (χ0) is 10.8. The largest absolute Gasteiger partial charge is 0.312 e. The molecule has 0 aliphatic carbocycles. The van der Waals surface area contributed by atoms with Gasteiger partial charge in [-0.1, -0.05) is 6.92 Å². The molecule has 0 saturated carbocycles. The third kappa shape index (κ3) is 2.96. The zero-order valence-corrected chi connectivity index (χ0v) is 10.4. The normalized spacial score (nSPS) is 29.1. The third-order valence-electron chi connectivity index (χ3n) is 3.69. The van der Waals surface area contributed by atoms with Crippen molar-refractivity contribution in [3.63, 3.8) is 0 Å². The first-order valence-corrected chi connectivity index (χ1v) is 5.93. The Morgan fingerprint density at radius 1 is 1.50 bits per heavy atom. The van der Waals surface area contributed by atoms with E-state index in [-0.39, 0.29) is 0 Å². The van der Waals surface area contributed by atoms with Crippen molar-refractivity contribution in [2.24, 2.45) is 0 Å². The van der Waals surface area contributed by atoms with E-state index in [1.807, 2.05) is 0 Å². The van der Waals surface area contributed by atoms with E-state index in [1.165, 1.54) is 25.8 Å². The van der Waals surface area contributed by atoms with E-state index in [0.717, 1.165) is 6.04 Å². The number of nitrogens with one attached hydrogen (secondary N) is 1. The summed E-state index contributed by atoms with van der Waals surface area (Å²) in [6, 6.07) is 1.48. The smallest absolute Gasteiger partial charge is 0.0140 e. The maximum Gasteiger partial charge on any atom is 0.0140 e. The number of piperidine rings is 1. The lowest BCUT2D eigenvalue weighted by molar-refractivity contribution is 0.110. The van der Waals surface area contributed by atoms with E-state index in [0.29, 0.717) is 11.6 Å². The van der Waals surface area contributed by atoms with Gasteiger partial charge in [0, 0.05) is 17.6 Å². The van der Waals surface area contributed by atoms with Crippen molar-refractivity contribution in [2.75, 3.05) is 13.6 Å². The third-order valence-corrected chi connectivity index (χ3v) is 3.69. The lowest BCUT2D eigenvalue weighted by atomic mass is 9.88. The summed E-state index contributed by atoms with van der Waals surface area (Å²) in [6.45, 7) is 10.4. The molecular weight excluding hydrogens is 172 g/mol. The monoisotopic (exact) mass is 198 g/mol. The van der Waals surface area contributed by atoms with E-state index in [4.69, 9.17) is 0 Å². The second-order valence-electron chi connectivity index (χ2n) is 5.38. The molecule has 2 unspecified atom stereocenters. The molecule has 14 heavy (non-hydrogen) atoms. The van der Waals surface area contributed by atoms with Crippen LogP contribution in [0.2, 0.25) is 0 Å². The Kier molecular flexibility index (Phi) is 3.96. The van der Waals surface area contributed by atoms with Crippen LogP contribution in [0, 0.1) is 0 Å². The highest BCUT2D eigenvalue weighted by molar-refractivity contribution is 4.90. The highest BCUT2D eigenvalue weighted by Crippen LogP contribution is 2.23. The summed E-state index contributed by atoms with van der Waals surface area (Å²) < 4.78 is 0. The minimum absolute atomic E-state index is 0.324. The van der Waals surface area contributed by atoms with Gasteiger partial charge in [-0.05, 0) is 53.6 Å². The second-order valence-corrected chi connectivity index (χ2v) is 5.38. The van der Waals surface area contributed by atoms with Gasteiger partial charge < -0.3 is 10.2 Å². The Hall–Kier alpha value is -0.0800. The molecule has 0 spiro atoms. The summed E-state index contributed by atoms with van der Waals surface area (Å²) in [7, 11) is 2.28. The Morgan fingerprint density at radius 2 is 2.14 bits per heavy atom. The van der Waals surface area contributed by atoms with E-state index in [1.54, 1.807) is 0 Å². The maximum absolute atomic E-state index is 3.57. The predicted molar refractivity (Wildman–Crippen MR) is 62.6 cm³/mol. The van der Waals surface area contributed by atoms with Crippen molar-refractivity contribution in [3.8, 4) is 0 Å². The summed E-state index contributed by atoms with van der Waals surface area (Å²) in [5.41, 5.74) is 0.324. The first-order valence-electron chi connectivity index (χ1n) is 5.93. The van der Waals surface area contributed by atoms with E-state index < -0.39 is 0 Å². The van der Waals surface area contributed by atoms with E-state index >= 15 is 0 Å². The van der Waals surface area contributed by atoms with Crippen LogP contribution in [0.4, 0.5) is 0 Å². The first-order chi connectivity index (χ1) is 6.46. The highest BCUT2D eigenvalue weighted by Gasteiger charge is 2.30. The van der Waals surface area contributed by atoms with Crippen LogP contribution < -0.4 is 5.32 Å². The van der Waals surface area contributed by atoms with Gasteiger partial charge in [0.2, 0.25) is 0 Å². The fourth-order valence-corrected chi connectivity index (χ4v) is 2.34. The van der Waals surface area contributed by atoms with Gasteiger partial charge in [0.15, 0.2) is 0 Å². The van der Waals surface area contributed by atoms with Crippen molar-refractivity contribution in [1.29, 1.82) is 0 Å². The van der Waals surface area contributed by atoms with Gasteiger partial charge in [-0.3, -0.25) is 0 Å². The zero-order valence-electron chi connectivity index (χ0n) is 10.4. The molecule has 1 fully saturated rings. The molecule has 84 valence electrons. The SMILES string of the molecule is CCC(C)N(C)C1CCNC(C)(C)C1. The molecule has 2 nitrogen and oxygen atoms in total. The van der Waals surface area contributed by atoms with Crippen LogP contribution in [-0.4, -0.2) is 36.1 Å². The van der Waals surface area contributed by atoms with Crippen molar-refractivity contribution < 1.29 is 0 Å². The predicted octanol–water partition coefficient (Wildman–Crippen LogP) is 2.25. The molecule has 1 aliphatic heterocycles. The van der Waals surface area contributed by atoms with E-state index in [2.05, 4.69) is 45.0 Å². The van der Waals surface area contributed by atoms with Crippen LogP contribution in [0.25, 0.3) is 0 Å². The Morgan fingerprint density at radius 3 is 2.64 bits per heavy atom. The van der Waals surface area contributed by atoms with Gasteiger partial charge >= 0.3 is 0 Å². The standard InChI is InChI=1S/C12H26N2/c1-6-10(2)14(5)11-7-8-13-12(3,4)9-11/h10-11,13H,6-9H2,1-5H3. The molecule has 1 aliphatic rings. The Bertz CT molecular complexity index is 177. The van der Waals surface area contributed by atoms with Crippen molar-refractivity contribution >= 4 is 0 Å². The summed E-state index contributed by atoms with van der Waals surface area (Å²) in [5, 5.41) is 3.57. The quantitative estimate of drug-likeness (QED) is 0.748. The molecule has 0 aromatic heterocycles. The number of hydrogen-bond acceptors (Lipinski definition) is 2. The molecule has 0 aromatic rings. The number of hydrogen-bond donors (Lipinski definition) is 1. The molecule has 2 atom stereocenters. The molecule has 1 saturated heterocycles. The second kappa shape index (κ2) is 4.63. The fourth-order valence-electron chi connectivity index (χ4n) is 2.34. The summed E-state index contributed by atoms with van der Waals surface area (Å²) in [5.74, 6) is 0. The maximum atomic E-state index is 3.57. The van der Waals surface area contributed by atoms with Crippen LogP contribution in [0.1, 0.15) is 47.0 Å². The number of rotatable bonds is 3. The van der Waals surface area contributed by atoms with Gasteiger partial charge in [0.05, 0.1) is 0 Å². The first kappa shape index (κ1) is 12.0. The molecule has 0 aromatic carbocycles. The van der Waals surface area contributed by atoms with Crippen LogP contribution in [0.3, 0.4) is 0 Å². The van der Waals surface area contributed by atoms with Gasteiger partial charge in [-0.15, -0.1) is 0 Å². The minimum atomic E-state index is 0.324. The Balaban J connectivity index is 2.51. The van der Waals surface area contributed by atoms with Crippen LogP contribution >= 0.6 is 0 Å². The molecule has 2 heteroatoms. The highest BCUT2D eigenvalue weighted by atomic mass is 15.2. The fraction of sp³-hybridized carbons (Fsp3) is 1.00. The summed E-state index contributed by atoms with van der Waals surface area (Å²) in [6.07, 6.45) is 3.82. The molecule has 0 amide bonds. The van der Waals surface area contributed by atoms with Gasteiger partial charge in [0.1, 0.15) is 0 Å². The number of nitrogens with zero attached hydrogens (tertiary/aromatic N) is 1. The topological polar surface area (TPSA) is 15.3 Å². The van der Waals surface area contributed by atoms with Gasteiger partial charge in [-0.25, -0.2) is 0 Å². The molecule has 1 N–H and O–H groups in total. The minimum Gasteiger partial charge on any atom is -0.312 e. The average molecular weight is 198 g/mol. The summed E-state index contributed by atoms with van der Waals surface area (Å²) >= 11 is 0. The van der Waals surface area contributed by atoms with Crippen molar-refractivity contribution in [3.05, 3.63) is 0 Å². The molecular formula is C12H26N2. The summed E-state index contributed by atoms with van der Waals surface area (Å²) in [4.78, 5) is 2.56. The molecule has 0 bridgehead atoms. The average Bonchev–Trinajstić information content (AvgIpc) is 2.14.